The predicted octanol–water partition coefficient (Wildman–Crippen LogP) is 4.88. The van der Waals surface area contributed by atoms with Gasteiger partial charge in [-0.15, -0.1) is 0 Å². The van der Waals surface area contributed by atoms with Gasteiger partial charge in [-0.1, -0.05) is 24.3 Å². The van der Waals surface area contributed by atoms with E-state index in [0.717, 1.165) is 22.2 Å². The topological polar surface area (TPSA) is 120 Å². The number of non-ortho nitro benzene ring substituents is 1. The smallest absolute Gasteiger partial charge is 0.337 e. The lowest BCUT2D eigenvalue weighted by Crippen LogP contribution is -2.27. The molecule has 0 aliphatic carbocycles. The summed E-state index contributed by atoms with van der Waals surface area (Å²) in [7, 11) is 1.31. The molecule has 33 heavy (non-hydrogen) atoms. The molecule has 4 rings (SSSR count). The molecule has 2 amide bonds. The number of imide groups is 1. The van der Waals surface area contributed by atoms with Crippen LogP contribution in [0.1, 0.15) is 21.7 Å². The first-order chi connectivity index (χ1) is 15.9. The molecule has 0 unspecified atom stereocenters. The fraction of sp³-hybridized carbons (Fsp3) is 0.0870. The summed E-state index contributed by atoms with van der Waals surface area (Å²) in [5, 5.41) is 10.5. The number of carbonyl (C=O) groups is 3. The van der Waals surface area contributed by atoms with Gasteiger partial charge in [0.1, 0.15) is 11.5 Å². The second kappa shape index (κ2) is 9.13. The van der Waals surface area contributed by atoms with Gasteiger partial charge in [0.25, 0.3) is 16.8 Å². The number of hydrogen-bond acceptors (Lipinski definition) is 8. The van der Waals surface area contributed by atoms with Gasteiger partial charge in [0.2, 0.25) is 0 Å². The van der Waals surface area contributed by atoms with Gasteiger partial charge in [0.05, 0.1) is 29.0 Å². The molecule has 0 spiro atoms. The third-order valence-electron chi connectivity index (χ3n) is 4.83. The lowest BCUT2D eigenvalue weighted by molar-refractivity contribution is -0.384. The van der Waals surface area contributed by atoms with Crippen LogP contribution < -0.4 is 0 Å². The minimum Gasteiger partial charge on any atom is -0.465 e. The molecule has 1 aromatic heterocycles. The number of ether oxygens (including phenoxy) is 1. The summed E-state index contributed by atoms with van der Waals surface area (Å²) >= 11 is 0.772. The molecule has 10 heteroatoms. The summed E-state index contributed by atoms with van der Waals surface area (Å²) in [5.74, 6) is -0.0456. The molecule has 1 aliphatic rings. The van der Waals surface area contributed by atoms with Gasteiger partial charge in [0, 0.05) is 23.8 Å². The van der Waals surface area contributed by atoms with Crippen LogP contribution in [0.25, 0.3) is 17.4 Å². The Morgan fingerprint density at radius 1 is 1.15 bits per heavy atom. The van der Waals surface area contributed by atoms with Crippen LogP contribution in [0.15, 0.2) is 70.0 Å². The fourth-order valence-corrected chi connectivity index (χ4v) is 4.01. The van der Waals surface area contributed by atoms with E-state index in [0.29, 0.717) is 22.6 Å². The van der Waals surface area contributed by atoms with Crippen molar-refractivity contribution in [1.82, 2.24) is 4.90 Å². The van der Waals surface area contributed by atoms with Crippen LogP contribution in [-0.4, -0.2) is 34.0 Å². The van der Waals surface area contributed by atoms with E-state index in [2.05, 4.69) is 4.74 Å². The molecular weight excluding hydrogens is 448 g/mol. The molecule has 0 atom stereocenters. The lowest BCUT2D eigenvalue weighted by atomic mass is 10.1. The standard InChI is InChI=1S/C23H16N2O7S/c1-31-22(27)16-7-5-15(6-8-16)19-10-9-18(32-19)12-20-21(26)24(23(28)33-20)13-14-3-2-4-17(11-14)25(29)30/h2-12H,13H2,1H3/b20-12+. The number of furan rings is 1. The van der Waals surface area contributed by atoms with Crippen molar-refractivity contribution in [2.75, 3.05) is 7.11 Å². The number of nitrogens with zero attached hydrogens (tertiary/aromatic N) is 2. The van der Waals surface area contributed by atoms with E-state index in [1.54, 1.807) is 42.5 Å². The van der Waals surface area contributed by atoms with Crippen molar-refractivity contribution < 1.29 is 28.5 Å². The molecule has 2 aromatic carbocycles. The molecule has 3 aromatic rings. The number of carbonyl (C=O) groups excluding carboxylic acids is 3. The second-order valence-electron chi connectivity index (χ2n) is 6.97. The first-order valence-corrected chi connectivity index (χ1v) is 10.4. The van der Waals surface area contributed by atoms with Gasteiger partial charge in [0.15, 0.2) is 0 Å². The monoisotopic (exact) mass is 464 g/mol. The van der Waals surface area contributed by atoms with E-state index in [9.17, 15) is 24.5 Å². The van der Waals surface area contributed by atoms with Crippen molar-refractivity contribution in [3.05, 3.63) is 92.6 Å². The Bertz CT molecular complexity index is 1290. The maximum absolute atomic E-state index is 12.7. The van der Waals surface area contributed by atoms with Crippen LogP contribution in [-0.2, 0) is 16.1 Å². The Kier molecular flexibility index (Phi) is 6.09. The van der Waals surface area contributed by atoms with Crippen molar-refractivity contribution in [3.8, 4) is 11.3 Å². The van der Waals surface area contributed by atoms with Crippen LogP contribution in [0.2, 0.25) is 0 Å². The van der Waals surface area contributed by atoms with Crippen molar-refractivity contribution in [2.24, 2.45) is 0 Å². The third-order valence-corrected chi connectivity index (χ3v) is 5.73. The normalized spacial score (nSPS) is 14.7. The number of thioether (sulfide) groups is 1. The van der Waals surface area contributed by atoms with Crippen molar-refractivity contribution in [1.29, 1.82) is 0 Å². The lowest BCUT2D eigenvalue weighted by Gasteiger charge is -2.12. The molecule has 1 saturated heterocycles. The first-order valence-electron chi connectivity index (χ1n) is 9.63. The zero-order valence-corrected chi connectivity index (χ0v) is 18.0. The Morgan fingerprint density at radius 2 is 1.91 bits per heavy atom. The van der Waals surface area contributed by atoms with Gasteiger partial charge < -0.3 is 9.15 Å². The highest BCUT2D eigenvalue weighted by molar-refractivity contribution is 8.18. The molecule has 9 nitrogen and oxygen atoms in total. The second-order valence-corrected chi connectivity index (χ2v) is 7.96. The van der Waals surface area contributed by atoms with Gasteiger partial charge in [-0.3, -0.25) is 24.6 Å². The van der Waals surface area contributed by atoms with Gasteiger partial charge in [-0.2, -0.15) is 0 Å². The number of rotatable bonds is 6. The Hall–Kier alpha value is -4.18. The summed E-state index contributed by atoms with van der Waals surface area (Å²) < 4.78 is 10.5. The Morgan fingerprint density at radius 3 is 2.61 bits per heavy atom. The average Bonchev–Trinajstić information content (AvgIpc) is 3.39. The summed E-state index contributed by atoms with van der Waals surface area (Å²) in [4.78, 5) is 48.3. The number of nitro groups is 1. The van der Waals surface area contributed by atoms with Crippen molar-refractivity contribution in [2.45, 2.75) is 6.54 Å². The largest absolute Gasteiger partial charge is 0.465 e. The minimum atomic E-state index is -0.533. The van der Waals surface area contributed by atoms with Crippen LogP contribution >= 0.6 is 11.8 Å². The summed E-state index contributed by atoms with van der Waals surface area (Å²) in [6, 6.07) is 15.8. The number of esters is 1. The average molecular weight is 464 g/mol. The zero-order valence-electron chi connectivity index (χ0n) is 17.2. The highest BCUT2D eigenvalue weighted by Gasteiger charge is 2.35. The molecule has 166 valence electrons. The molecular formula is C23H16N2O7S. The fourth-order valence-electron chi connectivity index (χ4n) is 3.19. The quantitative estimate of drug-likeness (QED) is 0.219. The van der Waals surface area contributed by atoms with Gasteiger partial charge in [-0.25, -0.2) is 4.79 Å². The SMILES string of the molecule is COC(=O)c1ccc(-c2ccc(/C=C3/SC(=O)N(Cc4cccc([N+](=O)[O-])c4)C3=O)o2)cc1. The van der Waals surface area contributed by atoms with E-state index in [1.807, 2.05) is 0 Å². The number of nitro benzene ring substituents is 1. The molecule has 0 bridgehead atoms. The summed E-state index contributed by atoms with van der Waals surface area (Å²) in [6.45, 7) is -0.0698. The highest BCUT2D eigenvalue weighted by atomic mass is 32.2. The number of methoxy groups -OCH3 is 1. The number of hydrogen-bond donors (Lipinski definition) is 0. The van der Waals surface area contributed by atoms with Crippen LogP contribution in [0, 0.1) is 10.1 Å². The summed E-state index contributed by atoms with van der Waals surface area (Å²) in [5.41, 5.74) is 1.49. The summed E-state index contributed by atoms with van der Waals surface area (Å²) in [6.07, 6.45) is 1.48. The third kappa shape index (κ3) is 4.70. The molecule has 0 radical (unpaired) electrons. The van der Waals surface area contributed by atoms with Crippen LogP contribution in [0.4, 0.5) is 10.5 Å². The van der Waals surface area contributed by atoms with E-state index < -0.39 is 22.0 Å². The molecule has 1 aliphatic heterocycles. The maximum Gasteiger partial charge on any atom is 0.337 e. The molecule has 1 fully saturated rings. The zero-order chi connectivity index (χ0) is 23.5. The molecule has 0 saturated carbocycles. The predicted molar refractivity (Wildman–Crippen MR) is 120 cm³/mol. The Balaban J connectivity index is 1.50. The van der Waals surface area contributed by atoms with Crippen LogP contribution in [0.3, 0.4) is 0 Å². The highest BCUT2D eigenvalue weighted by Crippen LogP contribution is 2.34. The van der Waals surface area contributed by atoms with E-state index in [-0.39, 0.29) is 17.1 Å². The van der Waals surface area contributed by atoms with E-state index in [1.165, 1.54) is 31.4 Å². The molecule has 0 N–H and O–H groups in total. The van der Waals surface area contributed by atoms with Crippen molar-refractivity contribution in [3.63, 3.8) is 0 Å². The number of amides is 2. The van der Waals surface area contributed by atoms with E-state index >= 15 is 0 Å². The van der Waals surface area contributed by atoms with Crippen LogP contribution in [0.5, 0.6) is 0 Å². The van der Waals surface area contributed by atoms with Gasteiger partial charge >= 0.3 is 5.97 Å². The minimum absolute atomic E-state index is 0.0698. The Labute approximate surface area is 191 Å². The first kappa shape index (κ1) is 22.0. The van der Waals surface area contributed by atoms with Crippen molar-refractivity contribution >= 4 is 40.6 Å². The van der Waals surface area contributed by atoms with Gasteiger partial charge in [-0.05, 0) is 41.6 Å². The number of benzene rings is 2. The molecule has 2 heterocycles. The van der Waals surface area contributed by atoms with E-state index in [4.69, 9.17) is 4.42 Å². The maximum atomic E-state index is 12.7.